The van der Waals surface area contributed by atoms with E-state index in [4.69, 9.17) is 34.8 Å². The van der Waals surface area contributed by atoms with Crippen molar-refractivity contribution in [3.63, 3.8) is 0 Å². The Balaban J connectivity index is 2.25. The lowest BCUT2D eigenvalue weighted by Crippen LogP contribution is -2.22. The Morgan fingerprint density at radius 2 is 1.97 bits per heavy atom. The van der Waals surface area contributed by atoms with Crippen LogP contribution >= 0.6 is 46.1 Å². The smallest absolute Gasteiger partial charge is 0.325 e. The fourth-order valence-corrected chi connectivity index (χ4v) is 4.20. The molecule has 1 amide bonds. The third-order valence-electron chi connectivity index (χ3n) is 3.83. The molecule has 0 saturated heterocycles. The Hall–Kier alpha value is -2.46. The quantitative estimate of drug-likeness (QED) is 0.315. The van der Waals surface area contributed by atoms with Crippen molar-refractivity contribution < 1.29 is 19.2 Å². The van der Waals surface area contributed by atoms with Gasteiger partial charge in [0.05, 0.1) is 32.3 Å². The maximum Gasteiger partial charge on any atom is 0.325 e. The van der Waals surface area contributed by atoms with Gasteiger partial charge in [0.25, 0.3) is 11.6 Å². The lowest BCUT2D eigenvalue weighted by molar-refractivity contribution is -0.385. The number of carbonyl (C=O) groups excluding carboxylic acids is 2. The first-order valence-corrected chi connectivity index (χ1v) is 9.75. The zero-order chi connectivity index (χ0) is 21.3. The number of benzene rings is 2. The fraction of sp³-hybridized carbons (Fsp3) is 0.118. The van der Waals surface area contributed by atoms with E-state index in [1.807, 2.05) is 0 Å². The maximum absolute atomic E-state index is 12.7. The van der Waals surface area contributed by atoms with Gasteiger partial charge in [0.2, 0.25) is 0 Å². The van der Waals surface area contributed by atoms with Gasteiger partial charge < -0.3 is 9.30 Å². The predicted octanol–water partition coefficient (Wildman–Crippen LogP) is 4.49. The number of nitro benzene ring substituents is 1. The molecule has 0 unspecified atom stereocenters. The van der Waals surface area contributed by atoms with Gasteiger partial charge in [-0.2, -0.15) is 4.99 Å². The molecule has 0 spiro atoms. The number of carbonyl (C=O) groups is 2. The van der Waals surface area contributed by atoms with Crippen molar-refractivity contribution in [1.29, 1.82) is 0 Å². The van der Waals surface area contributed by atoms with Gasteiger partial charge in [0, 0.05) is 11.1 Å². The van der Waals surface area contributed by atoms with E-state index < -0.39 is 22.5 Å². The highest BCUT2D eigenvalue weighted by atomic mass is 35.5. The molecule has 0 aliphatic heterocycles. The number of thiazole rings is 1. The number of nitro groups is 1. The third kappa shape index (κ3) is 4.27. The second-order valence-electron chi connectivity index (χ2n) is 5.59. The second kappa shape index (κ2) is 8.50. The highest BCUT2D eigenvalue weighted by Gasteiger charge is 2.22. The molecule has 1 aromatic heterocycles. The molecule has 0 atom stereocenters. The molecular weight excluding hydrogens is 465 g/mol. The van der Waals surface area contributed by atoms with Crippen LogP contribution in [0.5, 0.6) is 0 Å². The van der Waals surface area contributed by atoms with Crippen molar-refractivity contribution >= 4 is 73.9 Å². The zero-order valence-electron chi connectivity index (χ0n) is 14.5. The Kier molecular flexibility index (Phi) is 6.23. The first-order chi connectivity index (χ1) is 13.7. The van der Waals surface area contributed by atoms with Crippen LogP contribution < -0.4 is 4.80 Å². The normalized spacial score (nSPS) is 11.7. The van der Waals surface area contributed by atoms with Crippen molar-refractivity contribution in [3.8, 4) is 0 Å². The fourth-order valence-electron chi connectivity index (χ4n) is 2.51. The molecule has 0 fully saturated rings. The number of hydrogen-bond donors (Lipinski definition) is 0. The van der Waals surface area contributed by atoms with E-state index in [-0.39, 0.29) is 32.0 Å². The molecule has 0 saturated carbocycles. The Morgan fingerprint density at radius 3 is 2.62 bits per heavy atom. The molecule has 0 aliphatic rings. The van der Waals surface area contributed by atoms with Crippen LogP contribution in [0, 0.1) is 10.1 Å². The van der Waals surface area contributed by atoms with Crippen LogP contribution in [0.25, 0.3) is 10.2 Å². The highest BCUT2D eigenvalue weighted by Crippen LogP contribution is 2.32. The van der Waals surface area contributed by atoms with Gasteiger partial charge in [-0.05, 0) is 24.3 Å². The van der Waals surface area contributed by atoms with Gasteiger partial charge in [-0.3, -0.25) is 19.7 Å². The van der Waals surface area contributed by atoms with Gasteiger partial charge in [0.15, 0.2) is 4.80 Å². The van der Waals surface area contributed by atoms with Crippen molar-refractivity contribution in [1.82, 2.24) is 4.57 Å². The number of aromatic nitrogens is 1. The summed E-state index contributed by atoms with van der Waals surface area (Å²) in [5.74, 6) is -1.50. The number of halogens is 3. The SMILES string of the molecule is COC(=O)Cn1c(=NC(=O)c2cc(Cl)ccc2[N+](=O)[O-])sc2ccc(Cl)c(Cl)c21. The van der Waals surface area contributed by atoms with E-state index in [0.29, 0.717) is 10.2 Å². The molecule has 8 nitrogen and oxygen atoms in total. The van der Waals surface area contributed by atoms with Gasteiger partial charge >= 0.3 is 5.97 Å². The zero-order valence-corrected chi connectivity index (χ0v) is 17.6. The van der Waals surface area contributed by atoms with Crippen LogP contribution in [0.15, 0.2) is 35.3 Å². The minimum atomic E-state index is -0.897. The van der Waals surface area contributed by atoms with Gasteiger partial charge in [0.1, 0.15) is 12.1 Å². The number of rotatable bonds is 4. The molecule has 150 valence electrons. The highest BCUT2D eigenvalue weighted by molar-refractivity contribution is 7.16. The van der Waals surface area contributed by atoms with E-state index in [9.17, 15) is 19.7 Å². The molecule has 3 rings (SSSR count). The standard InChI is InChI=1S/C17H10Cl3N3O5S/c1-28-13(24)7-22-15-12(5-3-10(19)14(15)20)29-17(22)21-16(25)9-6-8(18)2-4-11(9)23(26)27/h2-6H,7H2,1H3. The summed E-state index contributed by atoms with van der Waals surface area (Å²) in [5, 5.41) is 11.8. The van der Waals surface area contributed by atoms with Gasteiger partial charge in [-0.1, -0.05) is 46.1 Å². The van der Waals surface area contributed by atoms with Gasteiger partial charge in [-0.15, -0.1) is 0 Å². The number of fused-ring (bicyclic) bond motifs is 1. The van der Waals surface area contributed by atoms with E-state index >= 15 is 0 Å². The minimum Gasteiger partial charge on any atom is -0.468 e. The Bertz CT molecular complexity index is 1240. The van der Waals surface area contributed by atoms with Crippen LogP contribution in [0.2, 0.25) is 15.1 Å². The summed E-state index contributed by atoms with van der Waals surface area (Å²) in [6.45, 7) is -0.291. The summed E-state index contributed by atoms with van der Waals surface area (Å²) in [6.07, 6.45) is 0. The Labute approximate surface area is 182 Å². The molecule has 3 aromatic rings. The lowest BCUT2D eigenvalue weighted by atomic mass is 10.2. The lowest BCUT2D eigenvalue weighted by Gasteiger charge is -2.06. The Morgan fingerprint density at radius 1 is 1.24 bits per heavy atom. The van der Waals surface area contributed by atoms with Crippen LogP contribution in [0.1, 0.15) is 10.4 Å². The molecule has 1 heterocycles. The van der Waals surface area contributed by atoms with Crippen molar-refractivity contribution in [2.45, 2.75) is 6.54 Å². The number of nitrogens with zero attached hydrogens (tertiary/aromatic N) is 3. The first kappa shape index (κ1) is 21.3. The summed E-state index contributed by atoms with van der Waals surface area (Å²) >= 11 is 19.3. The van der Waals surface area contributed by atoms with Crippen LogP contribution in [-0.2, 0) is 16.1 Å². The molecular formula is C17H10Cl3N3O5S. The largest absolute Gasteiger partial charge is 0.468 e. The molecule has 0 radical (unpaired) electrons. The number of methoxy groups -OCH3 is 1. The van der Waals surface area contributed by atoms with E-state index in [0.717, 1.165) is 23.5 Å². The van der Waals surface area contributed by atoms with Crippen molar-refractivity contribution in [2.24, 2.45) is 4.99 Å². The van der Waals surface area contributed by atoms with E-state index in [2.05, 4.69) is 9.73 Å². The topological polar surface area (TPSA) is 104 Å². The third-order valence-corrected chi connectivity index (χ3v) is 5.90. The van der Waals surface area contributed by atoms with Crippen molar-refractivity contribution in [2.75, 3.05) is 7.11 Å². The average Bonchev–Trinajstić information content (AvgIpc) is 3.01. The second-order valence-corrected chi connectivity index (χ2v) is 7.82. The van der Waals surface area contributed by atoms with Gasteiger partial charge in [-0.25, -0.2) is 0 Å². The summed E-state index contributed by atoms with van der Waals surface area (Å²) < 4.78 is 6.67. The average molecular weight is 475 g/mol. The molecule has 0 bridgehead atoms. The maximum atomic E-state index is 12.7. The number of amides is 1. The molecule has 2 aromatic carbocycles. The first-order valence-electron chi connectivity index (χ1n) is 7.80. The molecule has 0 aliphatic carbocycles. The van der Waals surface area contributed by atoms with Crippen LogP contribution in [0.4, 0.5) is 5.69 Å². The molecule has 12 heteroatoms. The van der Waals surface area contributed by atoms with Crippen LogP contribution in [0.3, 0.4) is 0 Å². The summed E-state index contributed by atoms with van der Waals surface area (Å²) in [7, 11) is 1.21. The summed E-state index contributed by atoms with van der Waals surface area (Å²) in [6, 6.07) is 6.81. The molecule has 0 N–H and O–H groups in total. The van der Waals surface area contributed by atoms with E-state index in [1.165, 1.54) is 17.7 Å². The monoisotopic (exact) mass is 473 g/mol. The van der Waals surface area contributed by atoms with E-state index in [1.54, 1.807) is 12.1 Å². The molecule has 29 heavy (non-hydrogen) atoms. The number of ether oxygens (including phenoxy) is 1. The summed E-state index contributed by atoms with van der Waals surface area (Å²) in [4.78, 5) is 39.2. The predicted molar refractivity (Wildman–Crippen MR) is 110 cm³/mol. The van der Waals surface area contributed by atoms with Crippen LogP contribution in [-0.4, -0.2) is 28.5 Å². The van der Waals surface area contributed by atoms with Crippen molar-refractivity contribution in [3.05, 3.63) is 65.9 Å². The number of hydrogen-bond acceptors (Lipinski definition) is 6. The summed E-state index contributed by atoms with van der Waals surface area (Å²) in [5.41, 5.74) is -0.333. The number of esters is 1. The minimum absolute atomic E-state index is 0.0915.